The smallest absolute Gasteiger partial charge is 0.549 e. The zero-order valence-corrected chi connectivity index (χ0v) is 40.0. The van der Waals surface area contributed by atoms with Crippen molar-refractivity contribution in [3.8, 4) is 0 Å². The van der Waals surface area contributed by atoms with Crippen molar-refractivity contribution < 1.29 is 274 Å². The third-order valence-corrected chi connectivity index (χ3v) is 4.29. The van der Waals surface area contributed by atoms with Crippen LogP contribution in [0.25, 0.3) is 0 Å². The van der Waals surface area contributed by atoms with Crippen LogP contribution in [0.1, 0.15) is 0 Å². The summed E-state index contributed by atoms with van der Waals surface area (Å²) in [6.45, 7) is -6.50. The van der Waals surface area contributed by atoms with Gasteiger partial charge in [-0.25, -0.2) is 0 Å². The van der Waals surface area contributed by atoms with Gasteiger partial charge in [0, 0.05) is 78.5 Å². The third-order valence-electron chi connectivity index (χ3n) is 4.29. The van der Waals surface area contributed by atoms with E-state index >= 15 is 0 Å². The van der Waals surface area contributed by atoms with Gasteiger partial charge in [-0.1, -0.05) is 0 Å². The van der Waals surface area contributed by atoms with E-state index in [0.717, 1.165) is 19.6 Å². The van der Waals surface area contributed by atoms with Crippen LogP contribution in [0, 0.1) is 0 Å². The first-order valence-corrected chi connectivity index (χ1v) is 10.9. The third kappa shape index (κ3) is 52.6. The zero-order chi connectivity index (χ0) is 31.4. The Labute approximate surface area is 412 Å². The fourth-order valence-electron chi connectivity index (χ4n) is 2.88. The summed E-state index contributed by atoms with van der Waals surface area (Å²) in [7, 11) is 0. The molecule has 0 saturated carbocycles. The van der Waals surface area contributed by atoms with Gasteiger partial charge in [0.05, 0.1) is 47.8 Å². The number of rotatable bonds is 22. The normalized spacial score (nSPS) is 9.11. The molecule has 0 fully saturated rings. The van der Waals surface area contributed by atoms with E-state index in [2.05, 4.69) is 0 Å². The molecule has 47 heavy (non-hydrogen) atoms. The van der Waals surface area contributed by atoms with E-state index in [1.807, 2.05) is 0 Å². The second-order valence-electron chi connectivity index (χ2n) is 7.82. The van der Waals surface area contributed by atoms with Gasteiger partial charge in [-0.3, -0.25) is 19.6 Å². The number of carbonyl (C=O) groups is 8. The molecule has 0 unspecified atom stereocenters. The molecule has 237 valence electrons. The van der Waals surface area contributed by atoms with Crippen LogP contribution < -0.4 is 218 Å². The van der Waals surface area contributed by atoms with Crippen LogP contribution in [0.4, 0.5) is 0 Å². The van der Waals surface area contributed by atoms with E-state index in [1.165, 1.54) is 0 Å². The molecular weight excluding hydrogens is 754 g/mol. The zero-order valence-electron chi connectivity index (χ0n) is 27.1. The maximum absolute atomic E-state index is 10.4. The van der Waals surface area contributed by atoms with Gasteiger partial charge in [0.1, 0.15) is 0 Å². The molecule has 0 bridgehead atoms. The van der Waals surface area contributed by atoms with Crippen LogP contribution in [0.5, 0.6) is 0 Å². The molecule has 0 atom stereocenters. The van der Waals surface area contributed by atoms with Crippen LogP contribution in [-0.2, 0) is 55.4 Å². The number of carboxylic acids is 8. The van der Waals surface area contributed by atoms with Crippen molar-refractivity contribution in [3.63, 3.8) is 0 Å². The van der Waals surface area contributed by atoms with Gasteiger partial charge >= 0.3 is 194 Å². The molecule has 0 aliphatic rings. The first kappa shape index (κ1) is 70.7. The summed E-state index contributed by atoms with van der Waals surface area (Å²) < 4.78 is 0. The standard InChI is InChI=1S/2C10H16N2O8.Cu.6Na/c2*13-7(14)3-11(4-8(15)16)1-2-12(5-9(17)18)6-10(19)20;;;;;;;/h2*1-6H2,(H,13,14)(H,15,16)(H,17,18)(H,19,20);;;;;;;/q;;+2;6*+1/p-8. The Balaban J connectivity index is -0.0000000764. The Morgan fingerprint density at radius 3 is 0.426 bits per heavy atom. The summed E-state index contributed by atoms with van der Waals surface area (Å²) in [4.78, 5) is 86.8. The fourth-order valence-corrected chi connectivity index (χ4v) is 2.88. The molecule has 1 radical (unpaired) electrons. The largest absolute Gasteiger partial charge is 2.00 e. The Hall–Kier alpha value is 2.12. The Kier molecular flexibility index (Phi) is 63.9. The molecule has 0 N–H and O–H groups in total. The van der Waals surface area contributed by atoms with Gasteiger partial charge in [0.2, 0.25) is 0 Å². The van der Waals surface area contributed by atoms with Crippen LogP contribution in [0.2, 0.25) is 0 Å². The topological polar surface area (TPSA) is 334 Å². The Morgan fingerprint density at radius 2 is 0.362 bits per heavy atom. The van der Waals surface area contributed by atoms with Gasteiger partial charge < -0.3 is 79.2 Å². The molecule has 20 nitrogen and oxygen atoms in total. The molecule has 0 rings (SSSR count). The van der Waals surface area contributed by atoms with Crippen molar-refractivity contribution in [1.82, 2.24) is 19.6 Å². The molecule has 0 heterocycles. The Bertz CT molecular complexity index is 736. The summed E-state index contributed by atoms with van der Waals surface area (Å²) in [6, 6.07) is 0. The average molecular weight is 778 g/mol. The molecule has 0 aromatic carbocycles. The second kappa shape index (κ2) is 42.5. The van der Waals surface area contributed by atoms with E-state index in [1.54, 1.807) is 0 Å². The number of hydrogen-bond donors (Lipinski definition) is 0. The first-order valence-electron chi connectivity index (χ1n) is 10.9. The van der Waals surface area contributed by atoms with E-state index in [0.29, 0.717) is 0 Å². The average Bonchev–Trinajstić information content (AvgIpc) is 2.72. The summed E-state index contributed by atoms with van der Waals surface area (Å²) in [5.41, 5.74) is 0. The van der Waals surface area contributed by atoms with Gasteiger partial charge in [0.25, 0.3) is 0 Å². The molecule has 0 aliphatic heterocycles. The summed E-state index contributed by atoms with van der Waals surface area (Å²) in [5.74, 6) is -12.2. The predicted molar refractivity (Wildman–Crippen MR) is 106 cm³/mol. The van der Waals surface area contributed by atoms with E-state index in [-0.39, 0.29) is 221 Å². The SMILES string of the molecule is O=C([O-])CN(CCN(CC(=O)[O-])CC(=O)[O-])CC(=O)[O-].O=C([O-])CN(CCN(CC(=O)[O-])CC(=O)[O-])CC(=O)[O-].[Cu+2].[Na+].[Na+].[Na+].[Na+].[Na+].[Na+]. The van der Waals surface area contributed by atoms with Crippen molar-refractivity contribution in [3.05, 3.63) is 0 Å². The van der Waals surface area contributed by atoms with Crippen molar-refractivity contribution in [2.24, 2.45) is 0 Å². The van der Waals surface area contributed by atoms with Crippen molar-refractivity contribution in [2.45, 2.75) is 0 Å². The van der Waals surface area contributed by atoms with E-state index in [9.17, 15) is 79.2 Å². The molecule has 0 aliphatic carbocycles. The minimum Gasteiger partial charge on any atom is -0.549 e. The number of carbonyl (C=O) groups excluding carboxylic acids is 8. The van der Waals surface area contributed by atoms with E-state index < -0.39 is 100 Å². The van der Waals surface area contributed by atoms with Crippen LogP contribution in [0.3, 0.4) is 0 Å². The number of carboxylic acid groups (broad SMARTS) is 8. The quantitative estimate of drug-likeness (QED) is 0.0921. The minimum absolute atomic E-state index is 0. The van der Waals surface area contributed by atoms with Crippen LogP contribution in [-0.4, -0.2) is 146 Å². The minimum atomic E-state index is -1.53. The molecule has 0 amide bonds. The maximum Gasteiger partial charge on any atom is 2.00 e. The summed E-state index contributed by atoms with van der Waals surface area (Å²) in [6.07, 6.45) is 0. The van der Waals surface area contributed by atoms with Gasteiger partial charge in [-0.15, -0.1) is 0 Å². The maximum atomic E-state index is 10.4. The molecule has 0 saturated heterocycles. The molecule has 0 aromatic rings. The number of hydrogen-bond acceptors (Lipinski definition) is 20. The van der Waals surface area contributed by atoms with Gasteiger partial charge in [-0.05, 0) is 0 Å². The summed E-state index contributed by atoms with van der Waals surface area (Å²) >= 11 is 0. The van der Waals surface area contributed by atoms with Crippen molar-refractivity contribution in [2.75, 3.05) is 78.5 Å². The van der Waals surface area contributed by atoms with Gasteiger partial charge in [0.15, 0.2) is 0 Å². The predicted octanol–water partition coefficient (Wildman–Crippen LogP) is -32.8. The second-order valence-corrected chi connectivity index (χ2v) is 7.82. The van der Waals surface area contributed by atoms with Crippen LogP contribution in [0.15, 0.2) is 0 Å². The van der Waals surface area contributed by atoms with Crippen molar-refractivity contribution >= 4 is 47.8 Å². The molecular formula is C20H24CuN4Na6O16. The first-order chi connectivity index (χ1) is 18.4. The fraction of sp³-hybridized carbons (Fsp3) is 0.600. The molecule has 0 spiro atoms. The van der Waals surface area contributed by atoms with Crippen molar-refractivity contribution in [1.29, 1.82) is 0 Å². The van der Waals surface area contributed by atoms with Gasteiger partial charge in [-0.2, -0.15) is 0 Å². The van der Waals surface area contributed by atoms with E-state index in [4.69, 9.17) is 0 Å². The molecule has 27 heteroatoms. The summed E-state index contributed by atoms with van der Waals surface area (Å²) in [5, 5.41) is 83.2. The number of nitrogens with zero attached hydrogens (tertiary/aromatic N) is 4. The van der Waals surface area contributed by atoms with Crippen LogP contribution >= 0.6 is 0 Å². The number of aliphatic carboxylic acids is 8. The Morgan fingerprint density at radius 1 is 0.277 bits per heavy atom. The molecule has 0 aromatic heterocycles. The monoisotopic (exact) mass is 777 g/mol.